The number of likely N-dealkylation sites (tertiary alicyclic amines) is 1. The van der Waals surface area contributed by atoms with Gasteiger partial charge in [-0.25, -0.2) is 0 Å². The van der Waals surface area contributed by atoms with Gasteiger partial charge in [-0.2, -0.15) is 0 Å². The van der Waals surface area contributed by atoms with Gasteiger partial charge in [-0.1, -0.05) is 24.3 Å². The van der Waals surface area contributed by atoms with Crippen molar-refractivity contribution in [2.45, 2.75) is 25.3 Å². The summed E-state index contributed by atoms with van der Waals surface area (Å²) in [4.78, 5) is 18.2. The molecular weight excluding hydrogens is 298 g/mol. The molecule has 1 aromatic carbocycles. The summed E-state index contributed by atoms with van der Waals surface area (Å²) in [6.45, 7) is 2.18. The highest BCUT2D eigenvalue weighted by atomic mass is 16.2. The Morgan fingerprint density at radius 1 is 1.21 bits per heavy atom. The minimum Gasteiger partial charge on any atom is -0.339 e. The number of piperidine rings is 1. The van der Waals surface area contributed by atoms with Crippen LogP contribution in [-0.2, 0) is 11.3 Å². The summed E-state index contributed by atoms with van der Waals surface area (Å²) in [6.07, 6.45) is 8.97. The lowest BCUT2D eigenvalue weighted by Gasteiger charge is -2.31. The standard InChI is InChI=1S/C20H23N3O/c21-15-17-2-1-3-19(14-17)18-8-12-23(13-9-18)20(24)5-4-16-6-10-22-11-7-16/h1-7,10-11,14,18H,8-9,12-13,15,21H2. The molecule has 1 aliphatic heterocycles. The zero-order valence-corrected chi connectivity index (χ0v) is 13.8. The Morgan fingerprint density at radius 3 is 2.67 bits per heavy atom. The molecule has 24 heavy (non-hydrogen) atoms. The van der Waals surface area contributed by atoms with Crippen LogP contribution < -0.4 is 5.73 Å². The molecule has 0 atom stereocenters. The van der Waals surface area contributed by atoms with E-state index in [1.807, 2.05) is 23.1 Å². The van der Waals surface area contributed by atoms with E-state index in [1.54, 1.807) is 18.5 Å². The first-order valence-corrected chi connectivity index (χ1v) is 8.42. The van der Waals surface area contributed by atoms with Crippen molar-refractivity contribution in [3.63, 3.8) is 0 Å². The van der Waals surface area contributed by atoms with Crippen molar-refractivity contribution in [3.05, 3.63) is 71.6 Å². The van der Waals surface area contributed by atoms with Crippen molar-refractivity contribution in [2.75, 3.05) is 13.1 Å². The second kappa shape index (κ2) is 7.88. The van der Waals surface area contributed by atoms with Crippen molar-refractivity contribution in [1.29, 1.82) is 0 Å². The number of carbonyl (C=O) groups is 1. The molecule has 1 saturated heterocycles. The minimum atomic E-state index is 0.0842. The molecule has 4 nitrogen and oxygen atoms in total. The SMILES string of the molecule is NCc1cccc(C2CCN(C(=O)C=Cc3ccncc3)CC2)c1. The Kier molecular flexibility index (Phi) is 5.39. The number of hydrogen-bond acceptors (Lipinski definition) is 3. The minimum absolute atomic E-state index is 0.0842. The van der Waals surface area contributed by atoms with Crippen LogP contribution in [-0.4, -0.2) is 28.9 Å². The van der Waals surface area contributed by atoms with Gasteiger partial charge in [0.1, 0.15) is 0 Å². The number of hydrogen-bond donors (Lipinski definition) is 1. The van der Waals surface area contributed by atoms with E-state index >= 15 is 0 Å². The number of pyridine rings is 1. The molecule has 0 aliphatic carbocycles. The normalized spacial score (nSPS) is 15.8. The molecular formula is C20H23N3O. The zero-order valence-electron chi connectivity index (χ0n) is 13.8. The molecule has 0 saturated carbocycles. The summed E-state index contributed by atoms with van der Waals surface area (Å²) in [5, 5.41) is 0. The highest BCUT2D eigenvalue weighted by Gasteiger charge is 2.22. The molecule has 2 heterocycles. The molecule has 0 radical (unpaired) electrons. The van der Waals surface area contributed by atoms with Crippen LogP contribution in [0.5, 0.6) is 0 Å². The van der Waals surface area contributed by atoms with Gasteiger partial charge in [0.15, 0.2) is 0 Å². The first-order chi connectivity index (χ1) is 11.8. The van der Waals surface area contributed by atoms with Gasteiger partial charge in [0.25, 0.3) is 0 Å². The number of nitrogens with two attached hydrogens (primary N) is 1. The van der Waals surface area contributed by atoms with E-state index in [0.717, 1.165) is 31.5 Å². The third kappa shape index (κ3) is 4.09. The first-order valence-electron chi connectivity index (χ1n) is 8.42. The van der Waals surface area contributed by atoms with Gasteiger partial charge in [0.05, 0.1) is 0 Å². The molecule has 2 N–H and O–H groups in total. The van der Waals surface area contributed by atoms with Crippen LogP contribution in [0.4, 0.5) is 0 Å². The summed E-state index contributed by atoms with van der Waals surface area (Å²) in [5.74, 6) is 0.602. The van der Waals surface area contributed by atoms with Crippen molar-refractivity contribution in [3.8, 4) is 0 Å². The summed E-state index contributed by atoms with van der Waals surface area (Å²) < 4.78 is 0. The van der Waals surface area contributed by atoms with E-state index in [0.29, 0.717) is 12.5 Å². The maximum atomic E-state index is 12.3. The Morgan fingerprint density at radius 2 is 1.96 bits per heavy atom. The fourth-order valence-corrected chi connectivity index (χ4v) is 3.15. The molecule has 2 aromatic rings. The van der Waals surface area contributed by atoms with E-state index in [2.05, 4.69) is 29.2 Å². The largest absolute Gasteiger partial charge is 0.339 e. The summed E-state index contributed by atoms with van der Waals surface area (Å²) in [7, 11) is 0. The molecule has 0 unspecified atom stereocenters. The summed E-state index contributed by atoms with van der Waals surface area (Å²) in [5.41, 5.74) is 9.24. The van der Waals surface area contributed by atoms with Crippen LogP contribution in [0.2, 0.25) is 0 Å². The third-order valence-corrected chi connectivity index (χ3v) is 4.59. The van der Waals surface area contributed by atoms with Gasteiger partial charge < -0.3 is 10.6 Å². The Labute approximate surface area is 143 Å². The number of aromatic nitrogens is 1. The Bertz CT molecular complexity index is 704. The molecule has 0 spiro atoms. The number of carbonyl (C=O) groups excluding carboxylic acids is 1. The maximum absolute atomic E-state index is 12.3. The maximum Gasteiger partial charge on any atom is 0.246 e. The number of nitrogens with zero attached hydrogens (tertiary/aromatic N) is 2. The topological polar surface area (TPSA) is 59.2 Å². The van der Waals surface area contributed by atoms with E-state index in [4.69, 9.17) is 5.73 Å². The van der Waals surface area contributed by atoms with E-state index in [-0.39, 0.29) is 5.91 Å². The van der Waals surface area contributed by atoms with Crippen molar-refractivity contribution < 1.29 is 4.79 Å². The number of rotatable bonds is 4. The fourth-order valence-electron chi connectivity index (χ4n) is 3.15. The van der Waals surface area contributed by atoms with Gasteiger partial charge >= 0.3 is 0 Å². The monoisotopic (exact) mass is 321 g/mol. The van der Waals surface area contributed by atoms with Crippen LogP contribution in [0.15, 0.2) is 54.9 Å². The van der Waals surface area contributed by atoms with Crippen LogP contribution >= 0.6 is 0 Å². The molecule has 1 fully saturated rings. The smallest absolute Gasteiger partial charge is 0.246 e. The van der Waals surface area contributed by atoms with Gasteiger partial charge in [-0.05, 0) is 53.7 Å². The molecule has 1 aliphatic rings. The summed E-state index contributed by atoms with van der Waals surface area (Å²) in [6, 6.07) is 12.3. The second-order valence-corrected chi connectivity index (χ2v) is 6.16. The van der Waals surface area contributed by atoms with Crippen LogP contribution in [0.3, 0.4) is 0 Å². The van der Waals surface area contributed by atoms with Gasteiger partial charge in [0.2, 0.25) is 5.91 Å². The van der Waals surface area contributed by atoms with Crippen LogP contribution in [0.1, 0.15) is 35.4 Å². The Hall–Kier alpha value is -2.46. The quantitative estimate of drug-likeness (QED) is 0.881. The molecule has 1 aromatic heterocycles. The Balaban J connectivity index is 1.56. The molecule has 0 bridgehead atoms. The zero-order chi connectivity index (χ0) is 16.8. The highest BCUT2D eigenvalue weighted by Crippen LogP contribution is 2.28. The first kappa shape index (κ1) is 16.4. The summed E-state index contributed by atoms with van der Waals surface area (Å²) >= 11 is 0. The second-order valence-electron chi connectivity index (χ2n) is 6.16. The average Bonchev–Trinajstić information content (AvgIpc) is 2.67. The van der Waals surface area contributed by atoms with Crippen molar-refractivity contribution in [2.24, 2.45) is 5.73 Å². The highest BCUT2D eigenvalue weighted by molar-refractivity contribution is 5.91. The van der Waals surface area contributed by atoms with Crippen LogP contribution in [0, 0.1) is 0 Å². The van der Waals surface area contributed by atoms with E-state index in [1.165, 1.54) is 11.1 Å². The molecule has 4 heteroatoms. The van der Waals surface area contributed by atoms with Gasteiger partial charge in [-0.15, -0.1) is 0 Å². The lowest BCUT2D eigenvalue weighted by atomic mass is 9.88. The molecule has 1 amide bonds. The average molecular weight is 321 g/mol. The molecule has 3 rings (SSSR count). The lowest BCUT2D eigenvalue weighted by molar-refractivity contribution is -0.126. The van der Waals surface area contributed by atoms with Crippen LogP contribution in [0.25, 0.3) is 6.08 Å². The number of benzene rings is 1. The third-order valence-electron chi connectivity index (χ3n) is 4.59. The fraction of sp³-hybridized carbons (Fsp3) is 0.300. The van der Waals surface area contributed by atoms with E-state index < -0.39 is 0 Å². The van der Waals surface area contributed by atoms with E-state index in [9.17, 15) is 4.79 Å². The molecule has 124 valence electrons. The predicted octanol–water partition coefficient (Wildman–Crippen LogP) is 2.96. The lowest BCUT2D eigenvalue weighted by Crippen LogP contribution is -2.36. The van der Waals surface area contributed by atoms with Crippen molar-refractivity contribution in [1.82, 2.24) is 9.88 Å². The predicted molar refractivity (Wildman–Crippen MR) is 96.2 cm³/mol. The van der Waals surface area contributed by atoms with Gasteiger partial charge in [0, 0.05) is 38.1 Å². The van der Waals surface area contributed by atoms with Crippen molar-refractivity contribution >= 4 is 12.0 Å². The number of amides is 1. The van der Waals surface area contributed by atoms with Gasteiger partial charge in [-0.3, -0.25) is 9.78 Å².